The van der Waals surface area contributed by atoms with Crippen molar-refractivity contribution in [3.63, 3.8) is 0 Å². The topological polar surface area (TPSA) is 218 Å². The SMILES string of the molecule is COC(=O)N[C@H](C(=O)N1CCC[C@H]1c1nc2ccc(CN(Cc3ccc4nc([C@@H]5CCCN5C(=O)[C@@H](NC(=O)OC)C(C)(C)O)[nH]c4c3)c3ccccc3)cc2[nH]1)C(C)(C)O. The standard InChI is InChI=1S/C44H55N9O8/c1-43(2,58)35(49-41(56)60-5)39(54)52-20-10-14-33(52)37-45-29-18-16-26(22-31(29)47-37)24-51(28-12-8-7-9-13-28)25-27-17-19-30-32(23-27)48-38(46-30)34-15-11-21-53(34)40(55)36(44(3,4)59)50-42(57)61-6/h7-9,12-13,16-19,22-23,33-36,58-59H,10-11,14-15,20-21,24-25H2,1-6H3,(H,45,47)(H,46,48)(H,49,56)(H,50,57)/t33-,34-,35+,36+/m0/s1. The summed E-state index contributed by atoms with van der Waals surface area (Å²) in [4.78, 5) is 74.0. The van der Waals surface area contributed by atoms with Gasteiger partial charge in [-0.1, -0.05) is 30.3 Å². The normalized spacial score (nSPS) is 18.0. The van der Waals surface area contributed by atoms with Gasteiger partial charge in [0.25, 0.3) is 0 Å². The van der Waals surface area contributed by atoms with Crippen molar-refractivity contribution in [2.45, 2.75) is 102 Å². The molecule has 6 N–H and O–H groups in total. The zero-order valence-electron chi connectivity index (χ0n) is 35.4. The molecular weight excluding hydrogens is 783 g/mol. The minimum Gasteiger partial charge on any atom is -0.453 e. The second-order valence-electron chi connectivity index (χ2n) is 17.0. The highest BCUT2D eigenvalue weighted by atomic mass is 16.5. The van der Waals surface area contributed by atoms with Crippen molar-refractivity contribution in [3.05, 3.63) is 89.5 Å². The van der Waals surface area contributed by atoms with Crippen LogP contribution in [0.4, 0.5) is 15.3 Å². The molecule has 17 nitrogen and oxygen atoms in total. The number of nitrogens with zero attached hydrogens (tertiary/aromatic N) is 5. The molecule has 0 aliphatic carbocycles. The molecule has 4 atom stereocenters. The van der Waals surface area contributed by atoms with E-state index in [2.05, 4.69) is 49.8 Å². The summed E-state index contributed by atoms with van der Waals surface area (Å²) in [6, 6.07) is 19.2. The Labute approximate surface area is 353 Å². The van der Waals surface area contributed by atoms with E-state index in [4.69, 9.17) is 19.4 Å². The number of alkyl carbamates (subject to hydrolysis) is 2. The van der Waals surface area contributed by atoms with Gasteiger partial charge >= 0.3 is 12.2 Å². The molecule has 0 unspecified atom stereocenters. The fourth-order valence-corrected chi connectivity index (χ4v) is 8.38. The Bertz CT molecular complexity index is 2240. The molecule has 3 aromatic carbocycles. The summed E-state index contributed by atoms with van der Waals surface area (Å²) in [5, 5.41) is 26.6. The number of ether oxygens (including phenoxy) is 2. The van der Waals surface area contributed by atoms with Crippen LogP contribution >= 0.6 is 0 Å². The lowest BCUT2D eigenvalue weighted by molar-refractivity contribution is -0.141. The van der Waals surface area contributed by atoms with Gasteiger partial charge in [-0.2, -0.15) is 0 Å². The number of imidazole rings is 2. The van der Waals surface area contributed by atoms with Crippen LogP contribution in [-0.2, 0) is 32.2 Å². The van der Waals surface area contributed by atoms with Crippen LogP contribution in [0.5, 0.6) is 0 Å². The number of para-hydroxylation sites is 1. The number of nitrogens with one attached hydrogen (secondary N) is 4. The summed E-state index contributed by atoms with van der Waals surface area (Å²) in [7, 11) is 2.42. The zero-order chi connectivity index (χ0) is 43.6. The molecule has 7 rings (SSSR count). The lowest BCUT2D eigenvalue weighted by Gasteiger charge is -2.34. The monoisotopic (exact) mass is 837 g/mol. The molecular formula is C44H55N9O8. The van der Waals surface area contributed by atoms with Crippen LogP contribution in [0.2, 0.25) is 0 Å². The Morgan fingerprint density at radius 3 is 1.54 bits per heavy atom. The number of aromatic amines is 2. The number of methoxy groups -OCH3 is 2. The third-order valence-electron chi connectivity index (χ3n) is 11.5. The van der Waals surface area contributed by atoms with Gasteiger partial charge in [-0.25, -0.2) is 19.6 Å². The van der Waals surface area contributed by atoms with Gasteiger partial charge in [0, 0.05) is 31.9 Å². The maximum absolute atomic E-state index is 13.8. The van der Waals surface area contributed by atoms with Crippen LogP contribution in [-0.4, -0.2) is 115 Å². The van der Waals surface area contributed by atoms with Crippen molar-refractivity contribution in [2.75, 3.05) is 32.2 Å². The number of amides is 4. The van der Waals surface area contributed by atoms with Gasteiger partial charge in [0.05, 0.1) is 59.6 Å². The van der Waals surface area contributed by atoms with Crippen LogP contribution in [0, 0.1) is 0 Å². The molecule has 2 fully saturated rings. The molecule has 0 saturated carbocycles. The number of rotatable bonds is 13. The van der Waals surface area contributed by atoms with E-state index >= 15 is 0 Å². The maximum Gasteiger partial charge on any atom is 0.407 e. The lowest BCUT2D eigenvalue weighted by atomic mass is 9.97. The highest BCUT2D eigenvalue weighted by Gasteiger charge is 2.44. The molecule has 0 bridgehead atoms. The number of aromatic nitrogens is 4. The second-order valence-corrected chi connectivity index (χ2v) is 17.0. The van der Waals surface area contributed by atoms with Crippen molar-refractivity contribution in [1.29, 1.82) is 0 Å². The lowest BCUT2D eigenvalue weighted by Crippen LogP contribution is -2.58. The third kappa shape index (κ3) is 9.42. The number of H-pyrrole nitrogens is 2. The Balaban J connectivity index is 1.10. The minimum absolute atomic E-state index is 0.364. The van der Waals surface area contributed by atoms with Crippen LogP contribution in [0.3, 0.4) is 0 Å². The number of anilines is 1. The predicted octanol–water partition coefficient (Wildman–Crippen LogP) is 4.96. The van der Waals surface area contributed by atoms with Gasteiger partial charge < -0.3 is 55.0 Å². The molecule has 17 heteroatoms. The number of carbonyl (C=O) groups excluding carboxylic acids is 4. The Morgan fingerprint density at radius 2 is 1.15 bits per heavy atom. The van der Waals surface area contributed by atoms with E-state index in [0.29, 0.717) is 50.7 Å². The molecule has 0 radical (unpaired) electrons. The van der Waals surface area contributed by atoms with E-state index < -0.39 is 47.3 Å². The van der Waals surface area contributed by atoms with Crippen molar-refractivity contribution in [1.82, 2.24) is 40.4 Å². The van der Waals surface area contributed by atoms with E-state index in [1.165, 1.54) is 41.9 Å². The van der Waals surface area contributed by atoms with E-state index in [0.717, 1.165) is 51.7 Å². The molecule has 324 valence electrons. The van der Waals surface area contributed by atoms with Gasteiger partial charge in [0.15, 0.2) is 0 Å². The first-order valence-electron chi connectivity index (χ1n) is 20.6. The van der Waals surface area contributed by atoms with E-state index in [-0.39, 0.29) is 12.1 Å². The van der Waals surface area contributed by atoms with Crippen molar-refractivity contribution < 1.29 is 38.9 Å². The highest BCUT2D eigenvalue weighted by molar-refractivity contribution is 5.88. The Hall–Kier alpha value is -6.20. The highest BCUT2D eigenvalue weighted by Crippen LogP contribution is 2.35. The van der Waals surface area contributed by atoms with Gasteiger partial charge in [-0.05, 0) is 101 Å². The zero-order valence-corrected chi connectivity index (χ0v) is 35.4. The van der Waals surface area contributed by atoms with Crippen LogP contribution < -0.4 is 15.5 Å². The van der Waals surface area contributed by atoms with Crippen molar-refractivity contribution in [2.24, 2.45) is 0 Å². The van der Waals surface area contributed by atoms with E-state index in [1.807, 2.05) is 42.5 Å². The summed E-state index contributed by atoms with van der Waals surface area (Å²) >= 11 is 0. The fourth-order valence-electron chi connectivity index (χ4n) is 8.38. The maximum atomic E-state index is 13.8. The number of hydrogen-bond donors (Lipinski definition) is 6. The summed E-state index contributed by atoms with van der Waals surface area (Å²) < 4.78 is 9.45. The number of benzene rings is 3. The molecule has 5 aromatic rings. The molecule has 4 amide bonds. The molecule has 2 saturated heterocycles. The first-order chi connectivity index (χ1) is 29.0. The van der Waals surface area contributed by atoms with Gasteiger partial charge in [-0.15, -0.1) is 0 Å². The fraction of sp³-hybridized carbons (Fsp3) is 0.455. The number of likely N-dealkylation sites (tertiary alicyclic amines) is 2. The smallest absolute Gasteiger partial charge is 0.407 e. The van der Waals surface area contributed by atoms with E-state index in [1.54, 1.807) is 9.80 Å². The first-order valence-corrected chi connectivity index (χ1v) is 20.6. The average Bonchev–Trinajstić information content (AvgIpc) is 4.06. The number of hydrogen-bond acceptors (Lipinski definition) is 11. The number of aliphatic hydroxyl groups is 2. The molecule has 0 spiro atoms. The second kappa shape index (κ2) is 17.4. The predicted molar refractivity (Wildman–Crippen MR) is 227 cm³/mol. The Kier molecular flexibility index (Phi) is 12.3. The average molecular weight is 838 g/mol. The minimum atomic E-state index is -1.53. The van der Waals surface area contributed by atoms with Crippen LogP contribution in [0.15, 0.2) is 66.7 Å². The van der Waals surface area contributed by atoms with Gasteiger partial charge in [-0.3, -0.25) is 9.59 Å². The third-order valence-corrected chi connectivity index (χ3v) is 11.5. The number of fused-ring (bicyclic) bond motifs is 2. The van der Waals surface area contributed by atoms with Crippen molar-refractivity contribution >= 4 is 51.8 Å². The summed E-state index contributed by atoms with van der Waals surface area (Å²) in [5.41, 5.74) is 3.21. The largest absolute Gasteiger partial charge is 0.453 e. The first kappa shape index (κ1) is 42.9. The number of carbonyl (C=O) groups is 4. The molecule has 61 heavy (non-hydrogen) atoms. The van der Waals surface area contributed by atoms with Crippen LogP contribution in [0.25, 0.3) is 22.1 Å². The summed E-state index contributed by atoms with van der Waals surface area (Å²) in [5.74, 6) is 0.450. The molecule has 2 aliphatic rings. The van der Waals surface area contributed by atoms with Gasteiger partial charge in [0.2, 0.25) is 11.8 Å². The summed E-state index contributed by atoms with van der Waals surface area (Å²) in [6.07, 6.45) is 1.23. The van der Waals surface area contributed by atoms with Crippen LogP contribution in [0.1, 0.15) is 88.2 Å². The van der Waals surface area contributed by atoms with Crippen molar-refractivity contribution in [3.8, 4) is 0 Å². The quantitative estimate of drug-likeness (QED) is 0.0931. The summed E-state index contributed by atoms with van der Waals surface area (Å²) in [6.45, 7) is 7.96. The van der Waals surface area contributed by atoms with E-state index in [9.17, 15) is 29.4 Å². The molecule has 2 aliphatic heterocycles. The molecule has 2 aromatic heterocycles. The Morgan fingerprint density at radius 1 is 0.721 bits per heavy atom. The van der Waals surface area contributed by atoms with Gasteiger partial charge in [0.1, 0.15) is 23.7 Å². The molecule has 4 heterocycles.